The smallest absolute Gasteiger partial charge is 0.267 e. The van der Waals surface area contributed by atoms with Crippen LogP contribution in [0.5, 0.6) is 5.75 Å². The summed E-state index contributed by atoms with van der Waals surface area (Å²) in [6.45, 7) is 0.640. The van der Waals surface area contributed by atoms with Gasteiger partial charge < -0.3 is 4.74 Å². The van der Waals surface area contributed by atoms with Gasteiger partial charge in [0, 0.05) is 23.3 Å². The van der Waals surface area contributed by atoms with Crippen molar-refractivity contribution in [2.24, 2.45) is 0 Å². The van der Waals surface area contributed by atoms with E-state index in [1.807, 2.05) is 72.8 Å². The predicted molar refractivity (Wildman–Crippen MR) is 158 cm³/mol. The number of anilines is 1. The molecule has 0 atom stereocenters. The molecule has 0 N–H and O–H groups in total. The Kier molecular flexibility index (Phi) is 9.48. The molecule has 0 saturated carbocycles. The Hall–Kier alpha value is -5.16. The van der Waals surface area contributed by atoms with Crippen molar-refractivity contribution in [3.8, 4) is 5.75 Å². The van der Waals surface area contributed by atoms with Gasteiger partial charge in [0.1, 0.15) is 5.75 Å². The van der Waals surface area contributed by atoms with Crippen molar-refractivity contribution in [3.05, 3.63) is 150 Å². The molecule has 1 aromatic heterocycles. The standard InChI is InChI=1S/C35H27N2O3.ClHO4/c1-40-28-22-20-27(21-23-28)37(34(38)26-14-6-3-7-15-26)35(39)33-29-16-8-10-18-31(29)36(24-25-12-4-2-5-13-25)32-19-11-9-17-30(32)33;2-1(3,4)5/h2-23H,24H2,1H3;(H,2,3,4,5)/q+1;/p-1. The van der Waals surface area contributed by atoms with E-state index in [0.717, 1.165) is 27.4 Å². The minimum absolute atomic E-state index is 0.390. The number of carbonyl (C=O) groups is 2. The maximum absolute atomic E-state index is 14.7. The number of benzene rings is 5. The molecule has 10 heteroatoms. The molecule has 0 radical (unpaired) electrons. The first-order valence-electron chi connectivity index (χ1n) is 13.7. The van der Waals surface area contributed by atoms with Gasteiger partial charge >= 0.3 is 0 Å². The van der Waals surface area contributed by atoms with Crippen LogP contribution in [0.15, 0.2) is 133 Å². The Morgan fingerprint density at radius 3 is 1.62 bits per heavy atom. The number of ether oxygens (including phenoxy) is 1. The van der Waals surface area contributed by atoms with Crippen LogP contribution in [-0.4, -0.2) is 18.9 Å². The summed E-state index contributed by atoms with van der Waals surface area (Å²) in [5, 5.41) is 1.56. The molecular formula is C35H27ClN2O7. The van der Waals surface area contributed by atoms with Crippen molar-refractivity contribution in [2.75, 3.05) is 12.0 Å². The number of amides is 2. The molecule has 0 saturated heterocycles. The highest BCUT2D eigenvalue weighted by atomic mass is 35.7. The average molecular weight is 623 g/mol. The maximum atomic E-state index is 14.7. The number of fused-ring (bicyclic) bond motifs is 2. The van der Waals surface area contributed by atoms with Crippen LogP contribution in [-0.2, 0) is 6.54 Å². The van der Waals surface area contributed by atoms with Crippen LogP contribution >= 0.6 is 0 Å². The SMILES string of the molecule is COc1ccc(N(C(=O)c2ccccc2)C(=O)c2c3ccccc3[n+](Cc3ccccc3)c3ccccc23)cc1.[O-][Cl+3]([O-])([O-])[O-]. The van der Waals surface area contributed by atoms with Crippen molar-refractivity contribution in [1.82, 2.24) is 0 Å². The number of hydrogen-bond acceptors (Lipinski definition) is 7. The lowest BCUT2D eigenvalue weighted by Crippen LogP contribution is -2.68. The van der Waals surface area contributed by atoms with Crippen molar-refractivity contribution < 1.29 is 47.8 Å². The van der Waals surface area contributed by atoms with Crippen LogP contribution < -0.4 is 32.8 Å². The Morgan fingerprint density at radius 2 is 1.11 bits per heavy atom. The molecular weight excluding hydrogens is 596 g/mol. The van der Waals surface area contributed by atoms with Gasteiger partial charge in [0.2, 0.25) is 11.0 Å². The van der Waals surface area contributed by atoms with Crippen LogP contribution in [0.3, 0.4) is 0 Å². The van der Waals surface area contributed by atoms with Crippen molar-refractivity contribution >= 4 is 39.3 Å². The average Bonchev–Trinajstić information content (AvgIpc) is 3.05. The first-order valence-corrected chi connectivity index (χ1v) is 15.0. The third-order valence-electron chi connectivity index (χ3n) is 7.08. The van der Waals surface area contributed by atoms with Gasteiger partial charge in [0.05, 0.1) is 29.1 Å². The fourth-order valence-electron chi connectivity index (χ4n) is 5.16. The zero-order valence-corrected chi connectivity index (χ0v) is 24.8. The Labute approximate surface area is 261 Å². The topological polar surface area (TPSA) is 143 Å². The summed E-state index contributed by atoms with van der Waals surface area (Å²) < 4.78 is 41.5. The fourth-order valence-corrected chi connectivity index (χ4v) is 5.16. The third-order valence-corrected chi connectivity index (χ3v) is 7.08. The number of rotatable bonds is 6. The highest BCUT2D eigenvalue weighted by Crippen LogP contribution is 2.30. The predicted octanol–water partition coefficient (Wildman–Crippen LogP) is 2.07. The van der Waals surface area contributed by atoms with Crippen LogP contribution in [0.1, 0.15) is 26.3 Å². The number of halogens is 1. The highest BCUT2D eigenvalue weighted by Gasteiger charge is 2.31. The molecule has 0 spiro atoms. The summed E-state index contributed by atoms with van der Waals surface area (Å²) in [5.41, 5.74) is 4.35. The highest BCUT2D eigenvalue weighted by molar-refractivity contribution is 6.31. The third kappa shape index (κ3) is 7.32. The quantitative estimate of drug-likeness (QED) is 0.157. The first kappa shape index (κ1) is 31.3. The van der Waals surface area contributed by atoms with E-state index in [2.05, 4.69) is 16.7 Å². The normalized spacial score (nSPS) is 11.0. The Bertz CT molecular complexity index is 1880. The van der Waals surface area contributed by atoms with Gasteiger partial charge in [-0.05, 0) is 48.5 Å². The second-order valence-corrected chi connectivity index (χ2v) is 10.6. The summed E-state index contributed by atoms with van der Waals surface area (Å²) in [5.74, 6) is -0.149. The molecule has 0 unspecified atom stereocenters. The minimum atomic E-state index is -4.94. The number of hydrogen-bond donors (Lipinski definition) is 0. The number of carbonyl (C=O) groups excluding carboxylic acids is 2. The number of nitrogens with zero attached hydrogens (tertiary/aromatic N) is 2. The maximum Gasteiger partial charge on any atom is 0.267 e. The van der Waals surface area contributed by atoms with E-state index in [0.29, 0.717) is 29.1 Å². The van der Waals surface area contributed by atoms with E-state index < -0.39 is 22.1 Å². The van der Waals surface area contributed by atoms with E-state index in [1.165, 1.54) is 4.90 Å². The lowest BCUT2D eigenvalue weighted by atomic mass is 9.99. The lowest BCUT2D eigenvalue weighted by Gasteiger charge is -2.23. The van der Waals surface area contributed by atoms with Gasteiger partial charge in [-0.25, -0.2) is 23.5 Å². The largest absolute Gasteiger partial charge is 0.497 e. The molecule has 0 aliphatic rings. The molecule has 5 aromatic carbocycles. The lowest BCUT2D eigenvalue weighted by molar-refractivity contribution is -2.00. The Balaban J connectivity index is 0.000000743. The number of pyridine rings is 1. The number of methoxy groups -OCH3 is 1. The van der Waals surface area contributed by atoms with E-state index >= 15 is 0 Å². The zero-order valence-electron chi connectivity index (χ0n) is 24.0. The minimum Gasteiger partial charge on any atom is -0.497 e. The molecule has 45 heavy (non-hydrogen) atoms. The first-order chi connectivity index (χ1) is 21.7. The fraction of sp³-hybridized carbons (Fsp3) is 0.0571. The molecule has 0 fully saturated rings. The Morgan fingerprint density at radius 1 is 0.644 bits per heavy atom. The van der Waals surface area contributed by atoms with Crippen molar-refractivity contribution in [3.63, 3.8) is 0 Å². The molecule has 0 bridgehead atoms. The summed E-state index contributed by atoms with van der Waals surface area (Å²) in [6, 6.07) is 41.9. The second-order valence-electron chi connectivity index (χ2n) is 9.87. The van der Waals surface area contributed by atoms with Gasteiger partial charge in [-0.1, -0.05) is 72.8 Å². The molecule has 6 aromatic rings. The molecule has 1 heterocycles. The summed E-state index contributed by atoms with van der Waals surface area (Å²) in [7, 11) is -3.36. The number of para-hydroxylation sites is 2. The molecule has 0 aliphatic carbocycles. The summed E-state index contributed by atoms with van der Waals surface area (Å²) >= 11 is 0. The van der Waals surface area contributed by atoms with Gasteiger partial charge in [-0.2, -0.15) is 4.57 Å². The van der Waals surface area contributed by atoms with Crippen LogP contribution in [0, 0.1) is 10.2 Å². The summed E-state index contributed by atoms with van der Waals surface area (Å²) in [4.78, 5) is 29.9. The molecule has 0 aliphatic heterocycles. The number of aromatic nitrogens is 1. The molecule has 226 valence electrons. The van der Waals surface area contributed by atoms with Gasteiger partial charge in [0.15, 0.2) is 6.54 Å². The molecule has 9 nitrogen and oxygen atoms in total. The van der Waals surface area contributed by atoms with Gasteiger partial charge in [0.25, 0.3) is 11.8 Å². The second kappa shape index (κ2) is 13.6. The summed E-state index contributed by atoms with van der Waals surface area (Å²) in [6.07, 6.45) is 0. The van der Waals surface area contributed by atoms with E-state index in [-0.39, 0.29) is 0 Å². The van der Waals surface area contributed by atoms with E-state index in [9.17, 15) is 9.59 Å². The van der Waals surface area contributed by atoms with Crippen molar-refractivity contribution in [2.45, 2.75) is 6.54 Å². The van der Waals surface area contributed by atoms with Crippen LogP contribution in [0.25, 0.3) is 21.8 Å². The zero-order chi connectivity index (χ0) is 32.0. The van der Waals surface area contributed by atoms with Gasteiger partial charge in [-0.15, -0.1) is 10.2 Å². The molecule has 2 amide bonds. The van der Waals surface area contributed by atoms with Crippen molar-refractivity contribution in [1.29, 1.82) is 0 Å². The molecule has 6 rings (SSSR count). The number of imide groups is 1. The van der Waals surface area contributed by atoms with E-state index in [4.69, 9.17) is 23.4 Å². The van der Waals surface area contributed by atoms with E-state index in [1.54, 1.807) is 55.6 Å². The van der Waals surface area contributed by atoms with Gasteiger partial charge in [-0.3, -0.25) is 9.59 Å². The monoisotopic (exact) mass is 622 g/mol. The van der Waals surface area contributed by atoms with Crippen LogP contribution in [0.4, 0.5) is 5.69 Å². The van der Waals surface area contributed by atoms with Crippen LogP contribution in [0.2, 0.25) is 0 Å².